The highest BCUT2D eigenvalue weighted by molar-refractivity contribution is 5.92. The van der Waals surface area contributed by atoms with Gasteiger partial charge in [-0.1, -0.05) is 48.0 Å². The summed E-state index contributed by atoms with van der Waals surface area (Å²) in [6.45, 7) is 3.97. The first-order valence-corrected chi connectivity index (χ1v) is 10.3. The Labute approximate surface area is 186 Å². The highest BCUT2D eigenvalue weighted by Crippen LogP contribution is 2.47. The Morgan fingerprint density at radius 2 is 1.75 bits per heavy atom. The van der Waals surface area contributed by atoms with E-state index < -0.39 is 5.92 Å². The fourth-order valence-corrected chi connectivity index (χ4v) is 4.41. The van der Waals surface area contributed by atoms with Gasteiger partial charge in [0, 0.05) is 5.39 Å². The molecule has 0 radical (unpaired) electrons. The maximum Gasteiger partial charge on any atom is 0.229 e. The third kappa shape index (κ3) is 2.90. The van der Waals surface area contributed by atoms with Crippen molar-refractivity contribution in [3.63, 3.8) is 0 Å². The van der Waals surface area contributed by atoms with Crippen LogP contribution in [-0.4, -0.2) is 16.9 Å². The van der Waals surface area contributed by atoms with Crippen LogP contribution in [-0.2, 0) is 0 Å². The number of aromatic nitrogens is 2. The van der Waals surface area contributed by atoms with Crippen LogP contribution >= 0.6 is 0 Å². The normalized spacial score (nSPS) is 15.2. The minimum Gasteiger partial charge on any atom is -0.496 e. The van der Waals surface area contributed by atoms with E-state index in [0.29, 0.717) is 11.5 Å². The van der Waals surface area contributed by atoms with Crippen LogP contribution in [0.5, 0.6) is 11.6 Å². The number of hydrogen-bond acceptors (Lipinski definition) is 5. The number of allylic oxidation sites excluding steroid dienone is 1. The van der Waals surface area contributed by atoms with E-state index in [1.165, 1.54) is 0 Å². The summed E-state index contributed by atoms with van der Waals surface area (Å²) in [6.07, 6.45) is 0. The highest BCUT2D eigenvalue weighted by atomic mass is 16.5. The van der Waals surface area contributed by atoms with Gasteiger partial charge in [0.25, 0.3) is 0 Å². The molecule has 2 heterocycles. The average molecular weight is 422 g/mol. The molecule has 0 amide bonds. The molecule has 0 bridgehead atoms. The fourth-order valence-electron chi connectivity index (χ4n) is 4.41. The van der Waals surface area contributed by atoms with Crippen LogP contribution in [0.3, 0.4) is 0 Å². The number of hydrogen-bond donors (Lipinski definition) is 1. The molecular weight excluding hydrogens is 400 g/mol. The summed E-state index contributed by atoms with van der Waals surface area (Å²) < 4.78 is 13.3. The monoisotopic (exact) mass is 422 g/mol. The minimum absolute atomic E-state index is 0.0955. The summed E-state index contributed by atoms with van der Waals surface area (Å²) in [6, 6.07) is 22.2. The van der Waals surface area contributed by atoms with Gasteiger partial charge >= 0.3 is 0 Å². The van der Waals surface area contributed by atoms with Gasteiger partial charge < -0.3 is 15.2 Å². The van der Waals surface area contributed by atoms with Crippen LogP contribution in [0.1, 0.15) is 28.3 Å². The topological polar surface area (TPSA) is 86.1 Å². The third-order valence-electron chi connectivity index (χ3n) is 5.96. The van der Waals surface area contributed by atoms with Crippen LogP contribution in [0.15, 0.2) is 72.1 Å². The molecule has 1 aliphatic heterocycles. The molecule has 1 atom stereocenters. The summed E-state index contributed by atoms with van der Waals surface area (Å²) in [5.41, 5.74) is 11.3. The molecule has 5 rings (SSSR count). The largest absolute Gasteiger partial charge is 0.496 e. The molecule has 0 spiro atoms. The lowest BCUT2D eigenvalue weighted by Crippen LogP contribution is -2.22. The molecular formula is C26H22N4O2. The first-order valence-electron chi connectivity index (χ1n) is 10.3. The van der Waals surface area contributed by atoms with Gasteiger partial charge in [-0.15, -0.1) is 0 Å². The van der Waals surface area contributed by atoms with E-state index in [2.05, 4.69) is 6.07 Å². The van der Waals surface area contributed by atoms with Gasteiger partial charge in [0.2, 0.25) is 11.8 Å². The second-order valence-corrected chi connectivity index (χ2v) is 7.88. The summed E-state index contributed by atoms with van der Waals surface area (Å²) in [5.74, 6) is 1.00. The minimum atomic E-state index is -0.404. The molecule has 2 N–H and O–H groups in total. The standard InChI is InChI=1S/C26H22N4O2/c1-15-8-10-17(11-9-15)30-26-23(16(2)29-30)24(21(14-27)25(28)32-26)20-12-13-22(31-3)19-7-5-4-6-18(19)20/h4-13,24H,28H2,1-3H3/t24-/m0/s1. The predicted molar refractivity (Wildman–Crippen MR) is 123 cm³/mol. The van der Waals surface area contributed by atoms with Gasteiger partial charge in [0.05, 0.1) is 30.0 Å². The molecule has 1 aliphatic rings. The maximum atomic E-state index is 10.0. The van der Waals surface area contributed by atoms with Crippen LogP contribution < -0.4 is 15.2 Å². The smallest absolute Gasteiger partial charge is 0.229 e. The highest BCUT2D eigenvalue weighted by Gasteiger charge is 2.37. The zero-order chi connectivity index (χ0) is 22.4. The predicted octanol–water partition coefficient (Wildman–Crippen LogP) is 4.87. The van der Waals surface area contributed by atoms with Gasteiger partial charge in [-0.3, -0.25) is 0 Å². The second-order valence-electron chi connectivity index (χ2n) is 7.88. The Bertz CT molecular complexity index is 1420. The van der Waals surface area contributed by atoms with Crippen LogP contribution in [0.2, 0.25) is 0 Å². The van der Waals surface area contributed by atoms with E-state index in [0.717, 1.165) is 44.6 Å². The Kier molecular flexibility index (Phi) is 4.60. The Hall–Kier alpha value is -4.24. The Morgan fingerprint density at radius 1 is 1.03 bits per heavy atom. The molecule has 1 aromatic heterocycles. The van der Waals surface area contributed by atoms with Gasteiger partial charge in [0.1, 0.15) is 17.4 Å². The van der Waals surface area contributed by atoms with Crippen molar-refractivity contribution >= 4 is 10.8 Å². The van der Waals surface area contributed by atoms with Gasteiger partial charge in [-0.2, -0.15) is 10.4 Å². The van der Waals surface area contributed by atoms with Crippen molar-refractivity contribution in [2.24, 2.45) is 5.73 Å². The first-order chi connectivity index (χ1) is 15.5. The van der Waals surface area contributed by atoms with Crippen molar-refractivity contribution in [2.45, 2.75) is 19.8 Å². The number of ether oxygens (including phenoxy) is 2. The zero-order valence-electron chi connectivity index (χ0n) is 18.1. The van der Waals surface area contributed by atoms with Crippen LogP contribution in [0, 0.1) is 25.2 Å². The van der Waals surface area contributed by atoms with E-state index in [1.807, 2.05) is 74.5 Å². The fraction of sp³-hybridized carbons (Fsp3) is 0.154. The molecule has 6 heteroatoms. The van der Waals surface area contributed by atoms with E-state index in [4.69, 9.17) is 20.3 Å². The van der Waals surface area contributed by atoms with Crippen molar-refractivity contribution in [2.75, 3.05) is 7.11 Å². The zero-order valence-corrected chi connectivity index (χ0v) is 18.1. The summed E-state index contributed by atoms with van der Waals surface area (Å²) in [7, 11) is 1.66. The molecule has 158 valence electrons. The third-order valence-corrected chi connectivity index (χ3v) is 5.96. The van der Waals surface area contributed by atoms with Crippen LogP contribution in [0.4, 0.5) is 0 Å². The summed E-state index contributed by atoms with van der Waals surface area (Å²) in [5, 5.41) is 16.7. The van der Waals surface area contributed by atoms with E-state index in [-0.39, 0.29) is 5.88 Å². The number of nitrogens with two attached hydrogens (primary N) is 1. The Morgan fingerprint density at radius 3 is 2.44 bits per heavy atom. The molecule has 32 heavy (non-hydrogen) atoms. The van der Waals surface area contributed by atoms with E-state index in [1.54, 1.807) is 11.8 Å². The van der Waals surface area contributed by atoms with Crippen molar-refractivity contribution < 1.29 is 9.47 Å². The SMILES string of the molecule is COc1ccc([C@H]2C(C#N)=C(N)Oc3c2c(C)nn3-c2ccc(C)cc2)c2ccccc12. The molecule has 4 aromatic rings. The number of aryl methyl sites for hydroxylation is 2. The quantitative estimate of drug-likeness (QED) is 0.509. The van der Waals surface area contributed by atoms with Crippen molar-refractivity contribution in [1.82, 2.24) is 9.78 Å². The lowest BCUT2D eigenvalue weighted by atomic mass is 9.82. The van der Waals surface area contributed by atoms with Gasteiger partial charge in [0.15, 0.2) is 0 Å². The number of rotatable bonds is 3. The van der Waals surface area contributed by atoms with Crippen LogP contribution in [0.25, 0.3) is 16.5 Å². The summed E-state index contributed by atoms with van der Waals surface area (Å²) in [4.78, 5) is 0. The first kappa shape index (κ1) is 19.7. The van der Waals surface area contributed by atoms with Gasteiger partial charge in [-0.05, 0) is 43.0 Å². The average Bonchev–Trinajstić information content (AvgIpc) is 3.13. The van der Waals surface area contributed by atoms with Crippen molar-refractivity contribution in [3.8, 4) is 23.4 Å². The molecule has 3 aromatic carbocycles. The van der Waals surface area contributed by atoms with E-state index in [9.17, 15) is 5.26 Å². The Balaban J connectivity index is 1.79. The molecule has 0 saturated carbocycles. The van der Waals surface area contributed by atoms with Gasteiger partial charge in [-0.25, -0.2) is 4.68 Å². The second kappa shape index (κ2) is 7.47. The van der Waals surface area contributed by atoms with Crippen molar-refractivity contribution in [1.29, 1.82) is 5.26 Å². The van der Waals surface area contributed by atoms with E-state index >= 15 is 0 Å². The lowest BCUT2D eigenvalue weighted by Gasteiger charge is -2.26. The molecule has 6 nitrogen and oxygen atoms in total. The molecule has 0 saturated heterocycles. The number of benzene rings is 3. The molecule has 0 unspecified atom stereocenters. The number of fused-ring (bicyclic) bond motifs is 2. The summed E-state index contributed by atoms with van der Waals surface area (Å²) >= 11 is 0. The number of nitriles is 1. The number of methoxy groups -OCH3 is 1. The lowest BCUT2D eigenvalue weighted by molar-refractivity contribution is 0.367. The van der Waals surface area contributed by atoms with Crippen molar-refractivity contribution in [3.05, 3.63) is 94.5 Å². The number of nitrogens with zero attached hydrogens (tertiary/aromatic N) is 3. The maximum absolute atomic E-state index is 10.0. The molecule has 0 aliphatic carbocycles. The molecule has 0 fully saturated rings.